The topological polar surface area (TPSA) is 66.9 Å². The van der Waals surface area contributed by atoms with E-state index in [1.807, 2.05) is 6.07 Å². The van der Waals surface area contributed by atoms with E-state index in [4.69, 9.17) is 0 Å². The summed E-state index contributed by atoms with van der Waals surface area (Å²) in [6, 6.07) is 11.5. The lowest BCUT2D eigenvalue weighted by Gasteiger charge is -2.10. The Bertz CT molecular complexity index is 850. The molecular formula is C16H13FN4O. The van der Waals surface area contributed by atoms with Crippen LogP contribution in [0.1, 0.15) is 6.92 Å². The number of anilines is 3. The van der Waals surface area contributed by atoms with Crippen molar-refractivity contribution in [1.29, 1.82) is 0 Å². The Kier molecular flexibility index (Phi) is 3.65. The number of nitrogens with zero attached hydrogens (tertiary/aromatic N) is 2. The molecule has 0 radical (unpaired) electrons. The maximum Gasteiger partial charge on any atom is 0.221 e. The molecule has 0 saturated heterocycles. The molecule has 0 bridgehead atoms. The van der Waals surface area contributed by atoms with Crippen molar-refractivity contribution in [2.45, 2.75) is 6.92 Å². The molecule has 0 aliphatic heterocycles. The van der Waals surface area contributed by atoms with Crippen molar-refractivity contribution in [2.75, 3.05) is 10.6 Å². The highest BCUT2D eigenvalue weighted by molar-refractivity contribution is 5.92. The van der Waals surface area contributed by atoms with Gasteiger partial charge in [-0.15, -0.1) is 0 Å². The molecule has 2 aromatic carbocycles. The molecule has 110 valence electrons. The van der Waals surface area contributed by atoms with Crippen LogP contribution in [0.4, 0.5) is 21.6 Å². The van der Waals surface area contributed by atoms with Gasteiger partial charge in [-0.1, -0.05) is 6.07 Å². The van der Waals surface area contributed by atoms with E-state index >= 15 is 0 Å². The number of amides is 1. The highest BCUT2D eigenvalue weighted by Gasteiger charge is 2.06. The van der Waals surface area contributed by atoms with Gasteiger partial charge in [-0.25, -0.2) is 14.4 Å². The lowest BCUT2D eigenvalue weighted by Crippen LogP contribution is -2.06. The first kappa shape index (κ1) is 13.9. The van der Waals surface area contributed by atoms with E-state index in [1.54, 1.807) is 24.3 Å². The van der Waals surface area contributed by atoms with Crippen LogP contribution >= 0.6 is 0 Å². The van der Waals surface area contributed by atoms with Gasteiger partial charge in [-0.05, 0) is 36.4 Å². The number of benzene rings is 2. The van der Waals surface area contributed by atoms with Crippen molar-refractivity contribution in [3.05, 3.63) is 54.6 Å². The third kappa shape index (κ3) is 3.01. The molecule has 22 heavy (non-hydrogen) atoms. The second kappa shape index (κ2) is 5.77. The van der Waals surface area contributed by atoms with Crippen LogP contribution in [0, 0.1) is 5.82 Å². The van der Waals surface area contributed by atoms with Gasteiger partial charge in [-0.3, -0.25) is 4.79 Å². The Morgan fingerprint density at radius 2 is 1.91 bits per heavy atom. The van der Waals surface area contributed by atoms with Crippen molar-refractivity contribution in [2.24, 2.45) is 0 Å². The first-order valence-electron chi connectivity index (χ1n) is 6.67. The maximum absolute atomic E-state index is 13.4. The molecule has 0 aliphatic rings. The average Bonchev–Trinajstić information content (AvgIpc) is 2.47. The fourth-order valence-corrected chi connectivity index (χ4v) is 2.14. The van der Waals surface area contributed by atoms with Gasteiger partial charge in [0.2, 0.25) is 5.91 Å². The van der Waals surface area contributed by atoms with Crippen molar-refractivity contribution in [3.63, 3.8) is 0 Å². The monoisotopic (exact) mass is 296 g/mol. The highest BCUT2D eigenvalue weighted by atomic mass is 19.1. The number of carbonyl (C=O) groups is 1. The quantitative estimate of drug-likeness (QED) is 0.776. The fourth-order valence-electron chi connectivity index (χ4n) is 2.14. The largest absolute Gasteiger partial charge is 0.340 e. The molecular weight excluding hydrogens is 283 g/mol. The third-order valence-corrected chi connectivity index (χ3v) is 3.04. The summed E-state index contributed by atoms with van der Waals surface area (Å²) in [4.78, 5) is 19.4. The first-order valence-corrected chi connectivity index (χ1v) is 6.67. The summed E-state index contributed by atoms with van der Waals surface area (Å²) < 4.78 is 13.4. The minimum absolute atomic E-state index is 0.147. The molecule has 1 heterocycles. The second-order valence-corrected chi connectivity index (χ2v) is 4.77. The summed E-state index contributed by atoms with van der Waals surface area (Å²) in [6.07, 6.45) is 1.42. The molecule has 3 rings (SSSR count). The van der Waals surface area contributed by atoms with E-state index in [1.165, 1.54) is 25.4 Å². The highest BCUT2D eigenvalue weighted by Crippen LogP contribution is 2.25. The van der Waals surface area contributed by atoms with Gasteiger partial charge >= 0.3 is 0 Å². The third-order valence-electron chi connectivity index (χ3n) is 3.04. The van der Waals surface area contributed by atoms with E-state index in [0.29, 0.717) is 22.4 Å². The molecule has 0 aliphatic carbocycles. The number of carbonyl (C=O) groups excluding carboxylic acids is 1. The molecule has 0 fully saturated rings. The van der Waals surface area contributed by atoms with Crippen LogP contribution in [0.2, 0.25) is 0 Å². The van der Waals surface area contributed by atoms with E-state index in [0.717, 1.165) is 5.69 Å². The van der Waals surface area contributed by atoms with Crippen LogP contribution in [0.25, 0.3) is 10.9 Å². The zero-order valence-electron chi connectivity index (χ0n) is 11.8. The summed E-state index contributed by atoms with van der Waals surface area (Å²) in [6.45, 7) is 1.45. The van der Waals surface area contributed by atoms with E-state index in [-0.39, 0.29) is 11.7 Å². The Morgan fingerprint density at radius 3 is 2.73 bits per heavy atom. The number of rotatable bonds is 3. The van der Waals surface area contributed by atoms with Crippen LogP contribution in [0.5, 0.6) is 0 Å². The van der Waals surface area contributed by atoms with Crippen LogP contribution in [0.15, 0.2) is 48.8 Å². The van der Waals surface area contributed by atoms with Gasteiger partial charge in [-0.2, -0.15) is 0 Å². The standard InChI is InChI=1S/C16H13FN4O/c1-10(22)20-12-3-2-4-13(8-12)21-16-14-7-11(17)5-6-15(14)18-9-19-16/h2-9H,1H3,(H,20,22)(H,18,19,21). The van der Waals surface area contributed by atoms with Crippen LogP contribution < -0.4 is 10.6 Å². The van der Waals surface area contributed by atoms with Gasteiger partial charge in [0, 0.05) is 23.7 Å². The van der Waals surface area contributed by atoms with Crippen molar-refractivity contribution < 1.29 is 9.18 Å². The number of hydrogen-bond acceptors (Lipinski definition) is 4. The molecule has 1 aromatic heterocycles. The molecule has 2 N–H and O–H groups in total. The average molecular weight is 296 g/mol. The molecule has 0 unspecified atom stereocenters. The SMILES string of the molecule is CC(=O)Nc1cccc(Nc2ncnc3ccc(F)cc23)c1. The summed E-state index contributed by atoms with van der Waals surface area (Å²) in [5.74, 6) is 0.00790. The van der Waals surface area contributed by atoms with Crippen LogP contribution in [0.3, 0.4) is 0 Å². The van der Waals surface area contributed by atoms with Crippen molar-refractivity contribution in [3.8, 4) is 0 Å². The number of nitrogens with one attached hydrogen (secondary N) is 2. The maximum atomic E-state index is 13.4. The summed E-state index contributed by atoms with van der Waals surface area (Å²) in [7, 11) is 0. The Balaban J connectivity index is 1.96. The second-order valence-electron chi connectivity index (χ2n) is 4.77. The van der Waals surface area contributed by atoms with Gasteiger partial charge in [0.05, 0.1) is 5.52 Å². The van der Waals surface area contributed by atoms with Gasteiger partial charge in [0.25, 0.3) is 0 Å². The molecule has 0 atom stereocenters. The molecule has 0 spiro atoms. The molecule has 5 nitrogen and oxygen atoms in total. The van der Waals surface area contributed by atoms with Crippen molar-refractivity contribution in [1.82, 2.24) is 9.97 Å². The summed E-state index contributed by atoms with van der Waals surface area (Å²) in [5.41, 5.74) is 2.05. The number of fused-ring (bicyclic) bond motifs is 1. The predicted octanol–water partition coefficient (Wildman–Crippen LogP) is 3.47. The zero-order valence-corrected chi connectivity index (χ0v) is 11.8. The minimum atomic E-state index is -0.350. The van der Waals surface area contributed by atoms with Gasteiger partial charge in [0.1, 0.15) is 18.0 Å². The smallest absolute Gasteiger partial charge is 0.221 e. The Morgan fingerprint density at radius 1 is 1.09 bits per heavy atom. The summed E-state index contributed by atoms with van der Waals surface area (Å²) >= 11 is 0. The first-order chi connectivity index (χ1) is 10.6. The van der Waals surface area contributed by atoms with E-state index < -0.39 is 0 Å². The minimum Gasteiger partial charge on any atom is -0.340 e. The molecule has 6 heteroatoms. The van der Waals surface area contributed by atoms with Crippen molar-refractivity contribution >= 4 is 34.0 Å². The van der Waals surface area contributed by atoms with Crippen LogP contribution in [-0.4, -0.2) is 15.9 Å². The zero-order chi connectivity index (χ0) is 15.5. The predicted molar refractivity (Wildman–Crippen MR) is 83.5 cm³/mol. The lowest BCUT2D eigenvalue weighted by molar-refractivity contribution is -0.114. The van der Waals surface area contributed by atoms with Crippen LogP contribution in [-0.2, 0) is 4.79 Å². The lowest BCUT2D eigenvalue weighted by atomic mass is 10.2. The Hall–Kier alpha value is -3.02. The number of halogens is 1. The van der Waals surface area contributed by atoms with Gasteiger partial charge < -0.3 is 10.6 Å². The number of aromatic nitrogens is 2. The summed E-state index contributed by atoms with van der Waals surface area (Å²) in [5, 5.41) is 6.41. The van der Waals surface area contributed by atoms with E-state index in [2.05, 4.69) is 20.6 Å². The molecule has 3 aromatic rings. The fraction of sp³-hybridized carbons (Fsp3) is 0.0625. The van der Waals surface area contributed by atoms with E-state index in [9.17, 15) is 9.18 Å². The molecule has 1 amide bonds. The number of hydrogen-bond donors (Lipinski definition) is 2. The normalized spacial score (nSPS) is 10.5. The van der Waals surface area contributed by atoms with Gasteiger partial charge in [0.15, 0.2) is 0 Å². The Labute approximate surface area is 126 Å². The molecule has 0 saturated carbocycles.